The molecule has 1 fully saturated rings. The number of nitrogens with one attached hydrogen (secondary N) is 1. The zero-order valence-electron chi connectivity index (χ0n) is 10.1. The molecule has 0 saturated carbocycles. The van der Waals surface area contributed by atoms with Gasteiger partial charge >= 0.3 is 0 Å². The number of para-hydroxylation sites is 1. The van der Waals surface area contributed by atoms with Crippen LogP contribution >= 0.6 is 12.2 Å². The Balaban J connectivity index is 2.01. The fourth-order valence-corrected chi connectivity index (χ4v) is 2.20. The highest BCUT2D eigenvalue weighted by atomic mass is 32.1. The van der Waals surface area contributed by atoms with Crippen molar-refractivity contribution in [2.24, 2.45) is 0 Å². The molecular weight excluding hydrogens is 232 g/mol. The first-order valence-corrected chi connectivity index (χ1v) is 6.43. The van der Waals surface area contributed by atoms with Crippen molar-refractivity contribution in [3.8, 4) is 0 Å². The number of benzene rings is 1. The maximum atomic E-state index is 5.42. The minimum absolute atomic E-state index is 0.761. The van der Waals surface area contributed by atoms with E-state index in [1.807, 2.05) is 6.07 Å². The van der Waals surface area contributed by atoms with E-state index >= 15 is 0 Å². The number of anilines is 1. The molecule has 1 aromatic rings. The molecule has 0 radical (unpaired) electrons. The Bertz CT molecular complexity index is 389. The zero-order valence-corrected chi connectivity index (χ0v) is 10.9. The summed E-state index contributed by atoms with van der Waals surface area (Å²) in [6, 6.07) is 8.29. The van der Waals surface area contributed by atoms with Crippen LogP contribution in [0.3, 0.4) is 0 Å². The van der Waals surface area contributed by atoms with Gasteiger partial charge in [-0.15, -0.1) is 0 Å². The number of ether oxygens (including phenoxy) is 1. The van der Waals surface area contributed by atoms with Gasteiger partial charge in [-0.1, -0.05) is 25.1 Å². The maximum absolute atomic E-state index is 5.42. The van der Waals surface area contributed by atoms with Crippen LogP contribution in [-0.4, -0.2) is 36.3 Å². The van der Waals surface area contributed by atoms with Crippen LogP contribution < -0.4 is 5.32 Å². The van der Waals surface area contributed by atoms with Crippen molar-refractivity contribution in [1.82, 2.24) is 4.90 Å². The van der Waals surface area contributed by atoms with E-state index in [0.29, 0.717) is 0 Å². The van der Waals surface area contributed by atoms with Crippen LogP contribution in [-0.2, 0) is 11.2 Å². The Morgan fingerprint density at radius 1 is 1.35 bits per heavy atom. The molecule has 1 N–H and O–H groups in total. The number of hydrogen-bond donors (Lipinski definition) is 1. The third-order valence-electron chi connectivity index (χ3n) is 2.94. The van der Waals surface area contributed by atoms with Gasteiger partial charge < -0.3 is 15.0 Å². The Morgan fingerprint density at radius 3 is 2.76 bits per heavy atom. The second kappa shape index (κ2) is 5.98. The molecule has 1 aliphatic rings. The first kappa shape index (κ1) is 12.3. The summed E-state index contributed by atoms with van der Waals surface area (Å²) in [5.74, 6) is 0. The fourth-order valence-electron chi connectivity index (χ4n) is 1.91. The molecule has 2 rings (SSSR count). The number of morpholine rings is 1. The fraction of sp³-hybridized carbons (Fsp3) is 0.462. The number of thiocarbonyl (C=S) groups is 1. The second-order valence-corrected chi connectivity index (χ2v) is 4.43. The summed E-state index contributed by atoms with van der Waals surface area (Å²) in [5, 5.41) is 4.13. The zero-order chi connectivity index (χ0) is 12.1. The van der Waals surface area contributed by atoms with Crippen molar-refractivity contribution in [3.63, 3.8) is 0 Å². The summed E-state index contributed by atoms with van der Waals surface area (Å²) >= 11 is 5.42. The summed E-state index contributed by atoms with van der Waals surface area (Å²) in [4.78, 5) is 2.16. The summed E-state index contributed by atoms with van der Waals surface area (Å²) in [7, 11) is 0. The lowest BCUT2D eigenvalue weighted by atomic mass is 10.1. The van der Waals surface area contributed by atoms with Gasteiger partial charge in [0.1, 0.15) is 0 Å². The van der Waals surface area contributed by atoms with Crippen LogP contribution in [0.1, 0.15) is 12.5 Å². The average molecular weight is 250 g/mol. The van der Waals surface area contributed by atoms with E-state index in [4.69, 9.17) is 17.0 Å². The molecule has 17 heavy (non-hydrogen) atoms. The van der Waals surface area contributed by atoms with E-state index in [1.54, 1.807) is 0 Å². The number of nitrogens with zero attached hydrogens (tertiary/aromatic N) is 1. The molecule has 92 valence electrons. The monoisotopic (exact) mass is 250 g/mol. The molecule has 1 heterocycles. The summed E-state index contributed by atoms with van der Waals surface area (Å²) in [6.07, 6.45) is 1.01. The topological polar surface area (TPSA) is 24.5 Å². The Kier molecular flexibility index (Phi) is 4.34. The van der Waals surface area contributed by atoms with Crippen LogP contribution in [0.5, 0.6) is 0 Å². The van der Waals surface area contributed by atoms with Gasteiger partial charge in [-0.2, -0.15) is 0 Å². The van der Waals surface area contributed by atoms with Crippen molar-refractivity contribution >= 4 is 23.0 Å². The lowest BCUT2D eigenvalue weighted by Crippen LogP contribution is -2.43. The normalized spacial score (nSPS) is 15.7. The molecule has 1 saturated heterocycles. The van der Waals surface area contributed by atoms with Gasteiger partial charge in [-0.3, -0.25) is 0 Å². The van der Waals surface area contributed by atoms with Crippen LogP contribution in [0.4, 0.5) is 5.69 Å². The van der Waals surface area contributed by atoms with Crippen molar-refractivity contribution in [2.75, 3.05) is 31.6 Å². The van der Waals surface area contributed by atoms with E-state index in [1.165, 1.54) is 5.56 Å². The standard InChI is InChI=1S/C13H18N2OS/c1-2-11-5-3-4-6-12(11)14-13(17)15-7-9-16-10-8-15/h3-6H,2,7-10H2,1H3,(H,14,17). The van der Waals surface area contributed by atoms with Crippen LogP contribution in [0, 0.1) is 0 Å². The van der Waals surface area contributed by atoms with Gasteiger partial charge in [0.15, 0.2) is 5.11 Å². The molecule has 1 aliphatic heterocycles. The molecule has 1 aromatic carbocycles. The number of hydrogen-bond acceptors (Lipinski definition) is 2. The smallest absolute Gasteiger partial charge is 0.173 e. The maximum Gasteiger partial charge on any atom is 0.173 e. The molecule has 0 atom stereocenters. The van der Waals surface area contributed by atoms with Crippen molar-refractivity contribution in [2.45, 2.75) is 13.3 Å². The number of aryl methyl sites for hydroxylation is 1. The van der Waals surface area contributed by atoms with Crippen LogP contribution in [0.25, 0.3) is 0 Å². The van der Waals surface area contributed by atoms with E-state index in [9.17, 15) is 0 Å². The Labute approximate surface area is 108 Å². The molecule has 4 heteroatoms. The third kappa shape index (κ3) is 3.17. The first-order valence-electron chi connectivity index (χ1n) is 6.03. The molecule has 0 aromatic heterocycles. The van der Waals surface area contributed by atoms with E-state index in [-0.39, 0.29) is 0 Å². The molecule has 0 bridgehead atoms. The molecular formula is C13H18N2OS. The minimum atomic E-state index is 0.761. The van der Waals surface area contributed by atoms with E-state index in [2.05, 4.69) is 35.3 Å². The summed E-state index contributed by atoms with van der Waals surface area (Å²) in [5.41, 5.74) is 2.41. The predicted molar refractivity (Wildman–Crippen MR) is 74.4 cm³/mol. The predicted octanol–water partition coefficient (Wildman–Crippen LogP) is 2.28. The quantitative estimate of drug-likeness (QED) is 0.814. The summed E-state index contributed by atoms with van der Waals surface area (Å²) in [6.45, 7) is 5.42. The van der Waals surface area contributed by atoms with Gasteiger partial charge in [0.2, 0.25) is 0 Å². The van der Waals surface area contributed by atoms with Gasteiger partial charge in [-0.05, 0) is 30.3 Å². The highest BCUT2D eigenvalue weighted by molar-refractivity contribution is 7.80. The van der Waals surface area contributed by atoms with Crippen molar-refractivity contribution < 1.29 is 4.74 Å². The molecule has 0 unspecified atom stereocenters. The Hall–Kier alpha value is -1.13. The van der Waals surface area contributed by atoms with Crippen LogP contribution in [0.15, 0.2) is 24.3 Å². The largest absolute Gasteiger partial charge is 0.378 e. The summed E-state index contributed by atoms with van der Waals surface area (Å²) < 4.78 is 5.32. The van der Waals surface area contributed by atoms with Crippen molar-refractivity contribution in [3.05, 3.63) is 29.8 Å². The van der Waals surface area contributed by atoms with E-state index in [0.717, 1.165) is 43.5 Å². The first-order chi connectivity index (χ1) is 8.31. The second-order valence-electron chi connectivity index (χ2n) is 4.04. The number of rotatable bonds is 2. The SMILES string of the molecule is CCc1ccccc1NC(=S)N1CCOCC1. The molecule has 3 nitrogen and oxygen atoms in total. The van der Waals surface area contributed by atoms with Gasteiger partial charge in [-0.25, -0.2) is 0 Å². The third-order valence-corrected chi connectivity index (χ3v) is 3.30. The highest BCUT2D eigenvalue weighted by Crippen LogP contribution is 2.16. The lowest BCUT2D eigenvalue weighted by molar-refractivity contribution is 0.0690. The lowest BCUT2D eigenvalue weighted by Gasteiger charge is -2.29. The van der Waals surface area contributed by atoms with E-state index < -0.39 is 0 Å². The van der Waals surface area contributed by atoms with Gasteiger partial charge in [0.05, 0.1) is 13.2 Å². The Morgan fingerprint density at radius 2 is 2.06 bits per heavy atom. The highest BCUT2D eigenvalue weighted by Gasteiger charge is 2.14. The molecule has 0 aliphatic carbocycles. The van der Waals surface area contributed by atoms with Crippen molar-refractivity contribution in [1.29, 1.82) is 0 Å². The van der Waals surface area contributed by atoms with Crippen LogP contribution in [0.2, 0.25) is 0 Å². The van der Waals surface area contributed by atoms with Gasteiger partial charge in [0.25, 0.3) is 0 Å². The molecule has 0 amide bonds. The minimum Gasteiger partial charge on any atom is -0.378 e. The van der Waals surface area contributed by atoms with Gasteiger partial charge in [0, 0.05) is 18.8 Å². The average Bonchev–Trinajstić information content (AvgIpc) is 2.40. The molecule has 0 spiro atoms.